The summed E-state index contributed by atoms with van der Waals surface area (Å²) in [5.74, 6) is 0. The van der Waals surface area contributed by atoms with Gasteiger partial charge in [-0.2, -0.15) is 5.26 Å². The van der Waals surface area contributed by atoms with E-state index in [2.05, 4.69) is 22.5 Å². The van der Waals surface area contributed by atoms with Crippen molar-refractivity contribution in [1.29, 1.82) is 5.26 Å². The van der Waals surface area contributed by atoms with E-state index in [1.807, 2.05) is 11.4 Å². The highest BCUT2D eigenvalue weighted by Gasteiger charge is 2.06. The Balaban J connectivity index is 1.81. The topological polar surface area (TPSA) is 77.8 Å². The number of amides is 2. The summed E-state index contributed by atoms with van der Waals surface area (Å²) in [6.07, 6.45) is 1.63. The van der Waals surface area contributed by atoms with Gasteiger partial charge in [-0.25, -0.2) is 9.78 Å². The minimum absolute atomic E-state index is 0.316. The van der Waals surface area contributed by atoms with Crippen LogP contribution in [0.4, 0.5) is 10.5 Å². The molecule has 0 spiro atoms. The molecule has 2 amide bonds. The third-order valence-corrected chi connectivity index (χ3v) is 3.91. The number of nitriles is 1. The van der Waals surface area contributed by atoms with Crippen LogP contribution in [0.3, 0.4) is 0 Å². The van der Waals surface area contributed by atoms with Crippen molar-refractivity contribution in [2.75, 3.05) is 11.9 Å². The fourth-order valence-electron chi connectivity index (χ4n) is 1.79. The van der Waals surface area contributed by atoms with Crippen molar-refractivity contribution < 1.29 is 4.79 Å². The molecule has 108 valence electrons. The summed E-state index contributed by atoms with van der Waals surface area (Å²) in [6.45, 7) is 2.58. The third kappa shape index (κ3) is 4.29. The summed E-state index contributed by atoms with van der Waals surface area (Å²) in [5, 5.41) is 17.5. The Morgan fingerprint density at radius 1 is 1.43 bits per heavy atom. The Kier molecular flexibility index (Phi) is 5.29. The van der Waals surface area contributed by atoms with Crippen LogP contribution in [-0.4, -0.2) is 17.6 Å². The van der Waals surface area contributed by atoms with Gasteiger partial charge >= 0.3 is 6.03 Å². The van der Waals surface area contributed by atoms with Crippen LogP contribution in [0.25, 0.3) is 0 Å². The molecule has 0 aliphatic heterocycles. The van der Waals surface area contributed by atoms with Crippen molar-refractivity contribution in [3.05, 3.63) is 45.9 Å². The van der Waals surface area contributed by atoms with Crippen LogP contribution in [0, 0.1) is 11.3 Å². The predicted octanol–water partition coefficient (Wildman–Crippen LogP) is 2.94. The zero-order chi connectivity index (χ0) is 15.1. The van der Waals surface area contributed by atoms with Crippen LogP contribution in [0.2, 0.25) is 0 Å². The molecule has 0 saturated carbocycles. The summed E-state index contributed by atoms with van der Waals surface area (Å²) in [7, 11) is 0. The number of hydrogen-bond acceptors (Lipinski definition) is 4. The Labute approximate surface area is 127 Å². The van der Waals surface area contributed by atoms with Gasteiger partial charge in [0.15, 0.2) is 0 Å². The first-order valence-corrected chi connectivity index (χ1v) is 7.58. The molecule has 0 unspecified atom stereocenters. The van der Waals surface area contributed by atoms with Crippen molar-refractivity contribution in [2.45, 2.75) is 19.8 Å². The summed E-state index contributed by atoms with van der Waals surface area (Å²) in [5.41, 5.74) is 1.95. The van der Waals surface area contributed by atoms with Crippen molar-refractivity contribution in [3.63, 3.8) is 0 Å². The molecule has 2 aromatic rings. The maximum absolute atomic E-state index is 11.8. The largest absolute Gasteiger partial charge is 0.337 e. The molecule has 0 atom stereocenters. The van der Waals surface area contributed by atoms with Gasteiger partial charge in [0, 0.05) is 18.3 Å². The van der Waals surface area contributed by atoms with Gasteiger partial charge < -0.3 is 10.6 Å². The van der Waals surface area contributed by atoms with E-state index in [0.717, 1.165) is 17.1 Å². The maximum atomic E-state index is 11.8. The minimum Gasteiger partial charge on any atom is -0.337 e. The summed E-state index contributed by atoms with van der Waals surface area (Å²) in [6, 6.07) is 8.62. The van der Waals surface area contributed by atoms with Gasteiger partial charge in [-0.3, -0.25) is 0 Å². The molecule has 2 N–H and O–H groups in total. The molecule has 5 nitrogen and oxygen atoms in total. The summed E-state index contributed by atoms with van der Waals surface area (Å²) in [4.78, 5) is 16.2. The Morgan fingerprint density at radius 3 is 2.95 bits per heavy atom. The van der Waals surface area contributed by atoms with E-state index in [0.29, 0.717) is 24.2 Å². The zero-order valence-corrected chi connectivity index (χ0v) is 12.5. The highest BCUT2D eigenvalue weighted by Crippen LogP contribution is 2.13. The van der Waals surface area contributed by atoms with Crippen molar-refractivity contribution in [1.82, 2.24) is 10.3 Å². The molecule has 2 rings (SSSR count). The monoisotopic (exact) mass is 300 g/mol. The molecule has 0 radical (unpaired) electrons. The molecule has 0 bridgehead atoms. The van der Waals surface area contributed by atoms with E-state index in [-0.39, 0.29) is 6.03 Å². The third-order valence-electron chi connectivity index (χ3n) is 2.86. The Morgan fingerprint density at radius 2 is 2.24 bits per heavy atom. The van der Waals surface area contributed by atoms with Gasteiger partial charge in [0.05, 0.1) is 22.0 Å². The number of para-hydroxylation sites is 1. The van der Waals surface area contributed by atoms with E-state index in [4.69, 9.17) is 5.26 Å². The number of rotatable bonds is 5. The first kappa shape index (κ1) is 15.0. The van der Waals surface area contributed by atoms with E-state index in [1.54, 1.807) is 35.6 Å². The number of carbonyl (C=O) groups excluding carboxylic acids is 1. The second-order valence-corrected chi connectivity index (χ2v) is 5.32. The number of nitrogens with zero attached hydrogens (tertiary/aromatic N) is 2. The summed E-state index contributed by atoms with van der Waals surface area (Å²) >= 11 is 1.64. The van der Waals surface area contributed by atoms with Gasteiger partial charge in [0.25, 0.3) is 0 Å². The number of hydrogen-bond donors (Lipinski definition) is 2. The second-order valence-electron chi connectivity index (χ2n) is 4.37. The van der Waals surface area contributed by atoms with Crippen LogP contribution in [0.5, 0.6) is 0 Å². The Hall–Kier alpha value is -2.39. The first-order chi connectivity index (χ1) is 10.2. The number of anilines is 1. The van der Waals surface area contributed by atoms with Crippen LogP contribution >= 0.6 is 11.3 Å². The van der Waals surface area contributed by atoms with Crippen LogP contribution in [-0.2, 0) is 12.8 Å². The molecule has 0 fully saturated rings. The van der Waals surface area contributed by atoms with E-state index < -0.39 is 0 Å². The molecule has 1 aromatic carbocycles. The standard InChI is InChI=1S/C15H16N4OS/c1-2-14-18-12(10-21-14)7-8-17-15(20)19-13-6-4-3-5-11(13)9-16/h3-6,10H,2,7-8H2,1H3,(H2,17,19,20). The van der Waals surface area contributed by atoms with Crippen LogP contribution in [0.15, 0.2) is 29.6 Å². The molecular formula is C15H16N4OS. The Bertz CT molecular complexity index is 660. The highest BCUT2D eigenvalue weighted by atomic mass is 32.1. The average Bonchev–Trinajstić information content (AvgIpc) is 2.96. The van der Waals surface area contributed by atoms with Crippen molar-refractivity contribution in [3.8, 4) is 6.07 Å². The zero-order valence-electron chi connectivity index (χ0n) is 11.7. The van der Waals surface area contributed by atoms with E-state index >= 15 is 0 Å². The lowest BCUT2D eigenvalue weighted by Gasteiger charge is -2.08. The van der Waals surface area contributed by atoms with Gasteiger partial charge in [-0.1, -0.05) is 19.1 Å². The first-order valence-electron chi connectivity index (χ1n) is 6.70. The van der Waals surface area contributed by atoms with Gasteiger partial charge in [-0.05, 0) is 18.6 Å². The van der Waals surface area contributed by atoms with Crippen LogP contribution in [0.1, 0.15) is 23.2 Å². The lowest BCUT2D eigenvalue weighted by molar-refractivity contribution is 0.252. The molecule has 0 aliphatic rings. The normalized spacial score (nSPS) is 9.90. The molecular weight excluding hydrogens is 284 g/mol. The summed E-state index contributed by atoms with van der Waals surface area (Å²) < 4.78 is 0. The lowest BCUT2D eigenvalue weighted by atomic mass is 10.2. The maximum Gasteiger partial charge on any atom is 0.319 e. The van der Waals surface area contributed by atoms with Gasteiger partial charge in [0.1, 0.15) is 6.07 Å². The number of benzene rings is 1. The van der Waals surface area contributed by atoms with Crippen LogP contribution < -0.4 is 10.6 Å². The lowest BCUT2D eigenvalue weighted by Crippen LogP contribution is -2.30. The van der Waals surface area contributed by atoms with E-state index in [1.165, 1.54) is 0 Å². The molecule has 1 aromatic heterocycles. The number of urea groups is 1. The number of nitrogens with one attached hydrogen (secondary N) is 2. The highest BCUT2D eigenvalue weighted by molar-refractivity contribution is 7.09. The molecule has 6 heteroatoms. The fraction of sp³-hybridized carbons (Fsp3) is 0.267. The van der Waals surface area contributed by atoms with Gasteiger partial charge in [0.2, 0.25) is 0 Å². The quantitative estimate of drug-likeness (QED) is 0.891. The molecule has 0 aliphatic carbocycles. The SMILES string of the molecule is CCc1nc(CCNC(=O)Nc2ccccc2C#N)cs1. The van der Waals surface area contributed by atoms with Gasteiger partial charge in [-0.15, -0.1) is 11.3 Å². The minimum atomic E-state index is -0.316. The number of thiazole rings is 1. The number of aryl methyl sites for hydroxylation is 1. The number of carbonyl (C=O) groups is 1. The fourth-order valence-corrected chi connectivity index (χ4v) is 2.57. The molecule has 0 saturated heterocycles. The number of aromatic nitrogens is 1. The predicted molar refractivity (Wildman–Crippen MR) is 83.4 cm³/mol. The van der Waals surface area contributed by atoms with E-state index in [9.17, 15) is 4.79 Å². The van der Waals surface area contributed by atoms with Crippen molar-refractivity contribution in [2.24, 2.45) is 0 Å². The smallest absolute Gasteiger partial charge is 0.319 e. The average molecular weight is 300 g/mol. The molecule has 1 heterocycles. The second kappa shape index (κ2) is 7.41. The van der Waals surface area contributed by atoms with Crippen molar-refractivity contribution >= 4 is 23.1 Å². The molecule has 21 heavy (non-hydrogen) atoms.